The molecule has 0 aromatic carbocycles. The van der Waals surface area contributed by atoms with Crippen LogP contribution < -0.4 is 5.32 Å². The maximum atomic E-state index is 10.5. The van der Waals surface area contributed by atoms with Crippen LogP contribution in [0, 0.1) is 0 Å². The lowest BCUT2D eigenvalue weighted by atomic mass is 10.8. The molecule has 0 saturated heterocycles. The molecule has 0 unspecified atom stereocenters. The fraction of sp³-hybridized carbons (Fsp3) is 0.571. The Morgan fingerprint density at radius 3 is 3.09 bits per heavy atom. The number of thioether (sulfide) groups is 1. The molecule has 64 valence electrons. The first-order chi connectivity index (χ1) is 5.31. The van der Waals surface area contributed by atoms with Gasteiger partial charge in [0, 0.05) is 18.6 Å². The maximum absolute atomic E-state index is 10.5. The molecule has 4 heteroatoms. The van der Waals surface area contributed by atoms with E-state index in [0.29, 0.717) is 6.61 Å². The van der Waals surface area contributed by atoms with Crippen LogP contribution in [0.25, 0.3) is 0 Å². The van der Waals surface area contributed by atoms with Crippen LogP contribution in [0.5, 0.6) is 0 Å². The second kappa shape index (κ2) is 7.47. The van der Waals surface area contributed by atoms with Crippen molar-refractivity contribution in [2.45, 2.75) is 0 Å². The fourth-order valence-corrected chi connectivity index (χ4v) is 0.967. The normalized spacial score (nSPS) is 8.82. The quantitative estimate of drug-likeness (QED) is 0.505. The predicted molar refractivity (Wildman–Crippen MR) is 47.9 cm³/mol. The van der Waals surface area contributed by atoms with Gasteiger partial charge < -0.3 is 10.1 Å². The van der Waals surface area contributed by atoms with Crippen molar-refractivity contribution < 1.29 is 9.53 Å². The molecule has 0 aliphatic rings. The minimum Gasteiger partial charge on any atom is -0.449 e. The Morgan fingerprint density at radius 2 is 2.55 bits per heavy atom. The Kier molecular flexibility index (Phi) is 7.03. The Bertz CT molecular complexity index is 128. The largest absolute Gasteiger partial charge is 0.449 e. The lowest BCUT2D eigenvalue weighted by molar-refractivity contribution is 0.155. The van der Waals surface area contributed by atoms with Crippen LogP contribution in [0.15, 0.2) is 12.7 Å². The Hall–Kier alpha value is -0.640. The third-order valence-electron chi connectivity index (χ3n) is 0.901. The second-order valence-corrected chi connectivity index (χ2v) is 2.90. The number of nitrogens with one attached hydrogen (secondary N) is 1. The van der Waals surface area contributed by atoms with Gasteiger partial charge in [-0.25, -0.2) is 4.79 Å². The molecule has 0 fully saturated rings. The van der Waals surface area contributed by atoms with Crippen molar-refractivity contribution in [1.29, 1.82) is 0 Å². The first-order valence-electron chi connectivity index (χ1n) is 3.34. The van der Waals surface area contributed by atoms with Gasteiger partial charge in [0.2, 0.25) is 0 Å². The fourth-order valence-electron chi connectivity index (χ4n) is 0.432. The third kappa shape index (κ3) is 7.25. The second-order valence-electron chi connectivity index (χ2n) is 1.75. The maximum Gasteiger partial charge on any atom is 0.406 e. The molecule has 0 bridgehead atoms. The molecule has 0 atom stereocenters. The summed E-state index contributed by atoms with van der Waals surface area (Å²) in [5.41, 5.74) is 0. The van der Waals surface area contributed by atoms with Gasteiger partial charge in [0.1, 0.15) is 6.61 Å². The summed E-state index contributed by atoms with van der Waals surface area (Å²) >= 11 is 1.68. The highest BCUT2D eigenvalue weighted by molar-refractivity contribution is 7.99. The van der Waals surface area contributed by atoms with Crippen molar-refractivity contribution >= 4 is 17.9 Å². The molecule has 11 heavy (non-hydrogen) atoms. The molecular weight excluding hydrogens is 162 g/mol. The van der Waals surface area contributed by atoms with E-state index in [2.05, 4.69) is 11.9 Å². The van der Waals surface area contributed by atoms with Gasteiger partial charge in [-0.3, -0.25) is 0 Å². The summed E-state index contributed by atoms with van der Waals surface area (Å²) in [6.07, 6.45) is 1.45. The zero-order valence-electron chi connectivity index (χ0n) is 6.63. The first-order valence-corrected chi connectivity index (χ1v) is 4.50. The molecule has 1 amide bonds. The molecule has 0 aromatic heterocycles. The van der Waals surface area contributed by atoms with Crippen molar-refractivity contribution in [3.63, 3.8) is 0 Å². The average Bonchev–Trinajstić information content (AvgIpc) is 2.04. The summed E-state index contributed by atoms with van der Waals surface area (Å²) in [6.45, 7) is 4.03. The molecule has 0 spiro atoms. The number of carbonyl (C=O) groups excluding carboxylic acids is 1. The molecule has 0 aromatic rings. The van der Waals surface area contributed by atoms with E-state index < -0.39 is 0 Å². The van der Waals surface area contributed by atoms with Crippen molar-refractivity contribution in [2.24, 2.45) is 0 Å². The Labute approximate surface area is 71.2 Å². The molecule has 0 saturated carbocycles. The number of hydrogen-bond donors (Lipinski definition) is 1. The van der Waals surface area contributed by atoms with Crippen LogP contribution in [-0.4, -0.2) is 31.3 Å². The smallest absolute Gasteiger partial charge is 0.406 e. The molecule has 1 N–H and O–H groups in total. The predicted octanol–water partition coefficient (Wildman–Crippen LogP) is 1.26. The molecular formula is C7H13NO2S. The highest BCUT2D eigenvalue weighted by Gasteiger charge is 1.94. The standard InChI is InChI=1S/C7H13NO2S/c1-3-5-11-6-4-10-7(9)8-2/h3H,1,4-6H2,2H3,(H,8,9). The van der Waals surface area contributed by atoms with Crippen LogP contribution in [0.3, 0.4) is 0 Å². The lowest BCUT2D eigenvalue weighted by Crippen LogP contribution is -2.20. The Morgan fingerprint density at radius 1 is 1.82 bits per heavy atom. The van der Waals surface area contributed by atoms with Crippen LogP contribution in [-0.2, 0) is 4.74 Å². The van der Waals surface area contributed by atoms with Gasteiger partial charge in [-0.15, -0.1) is 6.58 Å². The summed E-state index contributed by atoms with van der Waals surface area (Å²) in [5, 5.41) is 2.37. The topological polar surface area (TPSA) is 38.3 Å². The molecule has 0 aliphatic carbocycles. The molecule has 0 aliphatic heterocycles. The van der Waals surface area contributed by atoms with Crippen LogP contribution in [0.4, 0.5) is 4.79 Å². The van der Waals surface area contributed by atoms with Crippen LogP contribution >= 0.6 is 11.8 Å². The highest BCUT2D eigenvalue weighted by atomic mass is 32.2. The van der Waals surface area contributed by atoms with Gasteiger partial charge in [0.25, 0.3) is 0 Å². The number of rotatable bonds is 5. The third-order valence-corrected chi connectivity index (χ3v) is 1.83. The van der Waals surface area contributed by atoms with Crippen LogP contribution in [0.2, 0.25) is 0 Å². The van der Waals surface area contributed by atoms with Gasteiger partial charge in [-0.05, 0) is 0 Å². The summed E-state index contributed by atoms with van der Waals surface area (Å²) < 4.78 is 4.73. The summed E-state index contributed by atoms with van der Waals surface area (Å²) in [6, 6.07) is 0. The molecule has 0 radical (unpaired) electrons. The van der Waals surface area contributed by atoms with E-state index in [0.717, 1.165) is 11.5 Å². The van der Waals surface area contributed by atoms with E-state index in [4.69, 9.17) is 4.74 Å². The molecule has 3 nitrogen and oxygen atoms in total. The monoisotopic (exact) mass is 175 g/mol. The number of hydrogen-bond acceptors (Lipinski definition) is 3. The summed E-state index contributed by atoms with van der Waals surface area (Å²) in [4.78, 5) is 10.5. The van der Waals surface area contributed by atoms with E-state index in [-0.39, 0.29) is 6.09 Å². The molecule has 0 heterocycles. The van der Waals surface area contributed by atoms with Crippen molar-refractivity contribution in [3.8, 4) is 0 Å². The minimum atomic E-state index is -0.371. The van der Waals surface area contributed by atoms with E-state index >= 15 is 0 Å². The molecule has 0 rings (SSSR count). The van der Waals surface area contributed by atoms with E-state index in [1.54, 1.807) is 18.8 Å². The van der Waals surface area contributed by atoms with E-state index in [1.807, 2.05) is 6.08 Å². The van der Waals surface area contributed by atoms with Crippen molar-refractivity contribution in [3.05, 3.63) is 12.7 Å². The Balaban J connectivity index is 3.01. The minimum absolute atomic E-state index is 0.371. The number of ether oxygens (including phenoxy) is 1. The van der Waals surface area contributed by atoms with Crippen molar-refractivity contribution in [2.75, 3.05) is 25.2 Å². The van der Waals surface area contributed by atoms with Gasteiger partial charge in [0.15, 0.2) is 0 Å². The summed E-state index contributed by atoms with van der Waals surface area (Å²) in [7, 11) is 1.54. The number of alkyl carbamates (subject to hydrolysis) is 1. The highest BCUT2D eigenvalue weighted by Crippen LogP contribution is 1.98. The van der Waals surface area contributed by atoms with Gasteiger partial charge in [-0.2, -0.15) is 11.8 Å². The SMILES string of the molecule is C=CCSCCOC(=O)NC. The zero-order valence-corrected chi connectivity index (χ0v) is 7.45. The van der Waals surface area contributed by atoms with Crippen molar-refractivity contribution in [1.82, 2.24) is 5.32 Å². The van der Waals surface area contributed by atoms with Crippen LogP contribution in [0.1, 0.15) is 0 Å². The average molecular weight is 175 g/mol. The zero-order chi connectivity index (χ0) is 8.53. The van der Waals surface area contributed by atoms with Gasteiger partial charge in [-0.1, -0.05) is 6.08 Å². The van der Waals surface area contributed by atoms with E-state index in [9.17, 15) is 4.79 Å². The van der Waals surface area contributed by atoms with E-state index in [1.165, 1.54) is 0 Å². The summed E-state index contributed by atoms with van der Waals surface area (Å²) in [5.74, 6) is 1.72. The van der Waals surface area contributed by atoms with Gasteiger partial charge in [0.05, 0.1) is 0 Å². The number of amides is 1. The lowest BCUT2D eigenvalue weighted by Gasteiger charge is -2.01. The first kappa shape index (κ1) is 10.4. The number of carbonyl (C=O) groups is 1. The van der Waals surface area contributed by atoms with Gasteiger partial charge >= 0.3 is 6.09 Å².